The van der Waals surface area contributed by atoms with Crippen molar-refractivity contribution in [3.63, 3.8) is 0 Å². The molecule has 31 heavy (non-hydrogen) atoms. The van der Waals surface area contributed by atoms with Crippen molar-refractivity contribution in [3.05, 3.63) is 95.1 Å². The molecule has 0 aliphatic carbocycles. The predicted molar refractivity (Wildman–Crippen MR) is 126 cm³/mol. The van der Waals surface area contributed by atoms with Crippen molar-refractivity contribution in [1.29, 1.82) is 0 Å². The summed E-state index contributed by atoms with van der Waals surface area (Å²) in [5.41, 5.74) is 4.16. The Hall–Kier alpha value is -3.20. The van der Waals surface area contributed by atoms with Crippen LogP contribution in [0.3, 0.4) is 0 Å². The first-order valence-corrected chi connectivity index (χ1v) is 11.1. The van der Waals surface area contributed by atoms with Crippen LogP contribution in [0.25, 0.3) is 11.1 Å². The molecular weight excluding hydrogens is 384 g/mol. The number of carbonyl (C=O) groups is 2. The van der Waals surface area contributed by atoms with Crippen LogP contribution in [-0.2, 0) is 6.42 Å². The number of carbonyl (C=O) groups excluding carboxylic acids is 1. The van der Waals surface area contributed by atoms with Gasteiger partial charge < -0.3 is 5.11 Å². The average molecular weight is 415 g/mol. The molecule has 1 N–H and O–H groups in total. The molecule has 0 spiro atoms. The highest BCUT2D eigenvalue weighted by molar-refractivity contribution is 6.10. The van der Waals surface area contributed by atoms with Gasteiger partial charge in [-0.25, -0.2) is 4.79 Å². The molecule has 160 valence electrons. The standard InChI is InChI=1S/C28H30O3/c1-3-5-11-20(4-2)18-23-19-22(24-14-9-10-15-26(24)28(30)31)16-17-25(23)27(29)21-12-7-6-8-13-21/h6-10,12-17,19-20H,3-5,11,18H2,1-2H3,(H,30,31). The summed E-state index contributed by atoms with van der Waals surface area (Å²) in [6.07, 6.45) is 5.31. The molecule has 0 fully saturated rings. The van der Waals surface area contributed by atoms with Gasteiger partial charge in [-0.2, -0.15) is 0 Å². The smallest absolute Gasteiger partial charge is 0.336 e. The van der Waals surface area contributed by atoms with E-state index in [1.54, 1.807) is 12.1 Å². The predicted octanol–water partition coefficient (Wildman–Crippen LogP) is 7.04. The summed E-state index contributed by atoms with van der Waals surface area (Å²) in [5.74, 6) is -0.442. The molecule has 0 radical (unpaired) electrons. The van der Waals surface area contributed by atoms with Crippen LogP contribution in [0.1, 0.15) is 71.4 Å². The van der Waals surface area contributed by atoms with Crippen LogP contribution < -0.4 is 0 Å². The average Bonchev–Trinajstić information content (AvgIpc) is 2.81. The zero-order valence-electron chi connectivity index (χ0n) is 18.3. The van der Waals surface area contributed by atoms with Gasteiger partial charge >= 0.3 is 5.97 Å². The first kappa shape index (κ1) is 22.5. The van der Waals surface area contributed by atoms with Crippen molar-refractivity contribution in [2.75, 3.05) is 0 Å². The van der Waals surface area contributed by atoms with E-state index in [0.717, 1.165) is 36.8 Å². The lowest BCUT2D eigenvalue weighted by Crippen LogP contribution is -2.11. The zero-order valence-corrected chi connectivity index (χ0v) is 18.3. The number of hydrogen-bond donors (Lipinski definition) is 1. The molecule has 0 bridgehead atoms. The Bertz CT molecular complexity index is 1040. The highest BCUT2D eigenvalue weighted by atomic mass is 16.4. The SMILES string of the molecule is CCCCC(CC)Cc1cc(-c2ccccc2C(=O)O)ccc1C(=O)c1ccccc1. The summed E-state index contributed by atoms with van der Waals surface area (Å²) in [5, 5.41) is 9.61. The maximum atomic E-state index is 13.3. The lowest BCUT2D eigenvalue weighted by Gasteiger charge is -2.18. The summed E-state index contributed by atoms with van der Waals surface area (Å²) in [6, 6.07) is 22.1. The Morgan fingerprint density at radius 1 is 0.871 bits per heavy atom. The van der Waals surface area contributed by atoms with Gasteiger partial charge in [0, 0.05) is 11.1 Å². The summed E-state index contributed by atoms with van der Waals surface area (Å²) < 4.78 is 0. The Morgan fingerprint density at radius 3 is 2.26 bits per heavy atom. The van der Waals surface area contributed by atoms with Crippen LogP contribution in [-0.4, -0.2) is 16.9 Å². The molecule has 3 rings (SSSR count). The number of carboxylic acid groups (broad SMARTS) is 1. The number of hydrogen-bond acceptors (Lipinski definition) is 2. The largest absolute Gasteiger partial charge is 0.478 e. The zero-order chi connectivity index (χ0) is 22.2. The molecule has 3 heteroatoms. The van der Waals surface area contributed by atoms with Crippen molar-refractivity contribution in [3.8, 4) is 11.1 Å². The van der Waals surface area contributed by atoms with E-state index in [0.29, 0.717) is 22.6 Å². The molecule has 1 unspecified atom stereocenters. The lowest BCUT2D eigenvalue weighted by molar-refractivity contribution is 0.0697. The van der Waals surface area contributed by atoms with Crippen LogP contribution in [0.15, 0.2) is 72.8 Å². The molecule has 3 aromatic rings. The van der Waals surface area contributed by atoms with E-state index in [-0.39, 0.29) is 11.3 Å². The molecule has 0 aliphatic heterocycles. The fraction of sp³-hybridized carbons (Fsp3) is 0.286. The quantitative estimate of drug-likeness (QED) is 0.362. The Labute approximate surface area is 184 Å². The summed E-state index contributed by atoms with van der Waals surface area (Å²) in [7, 11) is 0. The minimum atomic E-state index is -0.948. The number of benzene rings is 3. The van der Waals surface area contributed by atoms with E-state index in [9.17, 15) is 14.7 Å². The van der Waals surface area contributed by atoms with Crippen LogP contribution >= 0.6 is 0 Å². The molecule has 0 heterocycles. The molecule has 3 nitrogen and oxygen atoms in total. The minimum Gasteiger partial charge on any atom is -0.478 e. The van der Waals surface area contributed by atoms with Gasteiger partial charge in [-0.05, 0) is 35.1 Å². The van der Waals surface area contributed by atoms with Gasteiger partial charge in [0.1, 0.15) is 0 Å². The third-order valence-electron chi connectivity index (χ3n) is 5.91. The maximum absolute atomic E-state index is 13.3. The first-order valence-electron chi connectivity index (χ1n) is 11.1. The molecular formula is C28H30O3. The Morgan fingerprint density at radius 2 is 1.58 bits per heavy atom. The molecule has 0 aliphatic rings. The topological polar surface area (TPSA) is 54.4 Å². The third kappa shape index (κ3) is 5.49. The fourth-order valence-electron chi connectivity index (χ4n) is 4.07. The van der Waals surface area contributed by atoms with E-state index < -0.39 is 5.97 Å². The summed E-state index contributed by atoms with van der Waals surface area (Å²) >= 11 is 0. The van der Waals surface area contributed by atoms with E-state index >= 15 is 0 Å². The minimum absolute atomic E-state index is 0.0130. The summed E-state index contributed by atoms with van der Waals surface area (Å²) in [4.78, 5) is 25.0. The van der Waals surface area contributed by atoms with Gasteiger partial charge in [-0.1, -0.05) is 106 Å². The van der Waals surface area contributed by atoms with E-state index in [1.807, 2.05) is 60.7 Å². The molecule has 3 aromatic carbocycles. The van der Waals surface area contributed by atoms with Gasteiger partial charge in [-0.15, -0.1) is 0 Å². The molecule has 1 atom stereocenters. The van der Waals surface area contributed by atoms with E-state index in [1.165, 1.54) is 6.42 Å². The fourth-order valence-corrected chi connectivity index (χ4v) is 4.07. The second-order valence-corrected chi connectivity index (χ2v) is 8.04. The van der Waals surface area contributed by atoms with Crippen molar-refractivity contribution in [1.82, 2.24) is 0 Å². The third-order valence-corrected chi connectivity index (χ3v) is 5.91. The highest BCUT2D eigenvalue weighted by Crippen LogP contribution is 2.30. The van der Waals surface area contributed by atoms with E-state index in [4.69, 9.17) is 0 Å². The number of carboxylic acids is 1. The molecule has 0 saturated carbocycles. The maximum Gasteiger partial charge on any atom is 0.336 e. The second-order valence-electron chi connectivity index (χ2n) is 8.04. The van der Waals surface area contributed by atoms with Gasteiger partial charge in [0.15, 0.2) is 5.78 Å². The van der Waals surface area contributed by atoms with Crippen LogP contribution in [0.5, 0.6) is 0 Å². The first-order chi connectivity index (χ1) is 15.0. The number of aromatic carboxylic acids is 1. The number of unbranched alkanes of at least 4 members (excludes halogenated alkanes) is 1. The van der Waals surface area contributed by atoms with E-state index in [2.05, 4.69) is 13.8 Å². The molecule has 0 amide bonds. The van der Waals surface area contributed by atoms with Gasteiger partial charge in [0.25, 0.3) is 0 Å². The second kappa shape index (κ2) is 10.7. The molecule has 0 aromatic heterocycles. The van der Waals surface area contributed by atoms with Crippen LogP contribution in [0, 0.1) is 5.92 Å². The summed E-state index contributed by atoms with van der Waals surface area (Å²) in [6.45, 7) is 4.39. The Kier molecular flexibility index (Phi) is 7.77. The van der Waals surface area contributed by atoms with Crippen LogP contribution in [0.2, 0.25) is 0 Å². The number of rotatable bonds is 10. The van der Waals surface area contributed by atoms with Crippen molar-refractivity contribution in [2.24, 2.45) is 5.92 Å². The monoisotopic (exact) mass is 414 g/mol. The Balaban J connectivity index is 2.07. The molecule has 0 saturated heterocycles. The lowest BCUT2D eigenvalue weighted by atomic mass is 9.86. The number of ketones is 1. The van der Waals surface area contributed by atoms with Gasteiger partial charge in [0.2, 0.25) is 0 Å². The van der Waals surface area contributed by atoms with Gasteiger partial charge in [0.05, 0.1) is 5.56 Å². The van der Waals surface area contributed by atoms with Gasteiger partial charge in [-0.3, -0.25) is 4.79 Å². The van der Waals surface area contributed by atoms with Crippen molar-refractivity contribution >= 4 is 11.8 Å². The van der Waals surface area contributed by atoms with Crippen molar-refractivity contribution in [2.45, 2.75) is 46.0 Å². The van der Waals surface area contributed by atoms with Crippen molar-refractivity contribution < 1.29 is 14.7 Å². The normalized spacial score (nSPS) is 11.8. The highest BCUT2D eigenvalue weighted by Gasteiger charge is 2.19. The van der Waals surface area contributed by atoms with Crippen LogP contribution in [0.4, 0.5) is 0 Å².